The zero-order valence-corrected chi connectivity index (χ0v) is 25.8. The van der Waals surface area contributed by atoms with Gasteiger partial charge in [0, 0.05) is 11.1 Å². The summed E-state index contributed by atoms with van der Waals surface area (Å²) in [4.78, 5) is 22.9. The monoisotopic (exact) mass is 736 g/mol. The lowest BCUT2D eigenvalue weighted by molar-refractivity contribution is -0.513. The minimum atomic E-state index is -5.87. The van der Waals surface area contributed by atoms with E-state index >= 15 is 0 Å². The molecule has 0 amide bonds. The number of aliphatic hydroxyl groups is 2. The molecular formula is C26H30F14O8. The Morgan fingerprint density at radius 1 is 0.708 bits per heavy atom. The van der Waals surface area contributed by atoms with Gasteiger partial charge in [-0.3, -0.25) is 0 Å². The number of carbonyl (C=O) groups excluding carboxylic acids is 2. The molecule has 0 radical (unpaired) electrons. The third kappa shape index (κ3) is 6.03. The summed E-state index contributed by atoms with van der Waals surface area (Å²) in [6, 6.07) is 0. The van der Waals surface area contributed by atoms with Crippen molar-refractivity contribution in [1.82, 2.24) is 0 Å². The Kier molecular flexibility index (Phi) is 10.8. The van der Waals surface area contributed by atoms with Gasteiger partial charge in [-0.2, -0.15) is 61.5 Å². The largest absolute Gasteiger partial charge is 0.443 e. The number of carbonyl (C=O) groups is 2. The summed E-state index contributed by atoms with van der Waals surface area (Å²) in [5.74, 6) is -32.6. The summed E-state index contributed by atoms with van der Waals surface area (Å²) in [6.07, 6.45) is -17.3. The van der Waals surface area contributed by atoms with Crippen LogP contribution in [0.25, 0.3) is 0 Å². The van der Waals surface area contributed by atoms with Crippen LogP contribution in [0.2, 0.25) is 0 Å². The van der Waals surface area contributed by atoms with Gasteiger partial charge in [-0.25, -0.2) is 9.59 Å². The number of rotatable bonds is 5. The highest BCUT2D eigenvalue weighted by Gasteiger charge is 2.90. The maximum Gasteiger partial charge on any atom is 0.423 e. The second-order valence-electron chi connectivity index (χ2n) is 11.5. The smallest absolute Gasteiger partial charge is 0.423 e. The van der Waals surface area contributed by atoms with Crippen LogP contribution in [-0.4, -0.2) is 92.7 Å². The molecule has 0 aromatic carbocycles. The van der Waals surface area contributed by atoms with E-state index in [1.807, 2.05) is 0 Å². The SMILES string of the molecule is C=C(C)C(=O)OC1(C)C(F)(F)C(C(F)(F)F)OC(C)(O)C1(F)F.C=C(C)C(=O)OC1(C)C(F)(F)C(C)(O)OC(CC)(C(F)(F)F)C1(F)F. The normalized spacial score (nSPS) is 36.9. The van der Waals surface area contributed by atoms with E-state index in [0.717, 1.165) is 13.8 Å². The molecule has 2 saturated heterocycles. The number of hydrogen-bond donors (Lipinski definition) is 2. The van der Waals surface area contributed by atoms with E-state index in [4.69, 9.17) is 0 Å². The molecule has 0 aliphatic carbocycles. The van der Waals surface area contributed by atoms with Crippen LogP contribution in [0.5, 0.6) is 0 Å². The van der Waals surface area contributed by atoms with Gasteiger partial charge in [0.2, 0.25) is 34.5 Å². The molecule has 2 aliphatic heterocycles. The Balaban J connectivity index is 0.000000482. The molecule has 2 N–H and O–H groups in total. The lowest BCUT2D eigenvalue weighted by Crippen LogP contribution is -2.84. The van der Waals surface area contributed by atoms with Crippen molar-refractivity contribution in [3.8, 4) is 0 Å². The van der Waals surface area contributed by atoms with E-state index in [1.54, 1.807) is 0 Å². The second kappa shape index (κ2) is 12.0. The summed E-state index contributed by atoms with van der Waals surface area (Å²) in [5, 5.41) is 19.2. The number of hydrogen-bond acceptors (Lipinski definition) is 8. The topological polar surface area (TPSA) is 112 Å². The minimum absolute atomic E-state index is 0.0633. The maximum atomic E-state index is 14.8. The molecule has 0 saturated carbocycles. The van der Waals surface area contributed by atoms with Gasteiger partial charge in [-0.15, -0.1) is 0 Å². The fourth-order valence-corrected chi connectivity index (χ4v) is 4.58. The van der Waals surface area contributed by atoms with Crippen LogP contribution < -0.4 is 0 Å². The van der Waals surface area contributed by atoms with E-state index in [9.17, 15) is 81.3 Å². The quantitative estimate of drug-likeness (QED) is 0.190. The number of halogens is 14. The first-order valence-electron chi connectivity index (χ1n) is 13.0. The molecule has 280 valence electrons. The zero-order valence-electron chi connectivity index (χ0n) is 25.8. The van der Waals surface area contributed by atoms with Gasteiger partial charge in [0.25, 0.3) is 0 Å². The minimum Gasteiger partial charge on any atom is -0.443 e. The average Bonchev–Trinajstić information content (AvgIpc) is 2.86. The molecule has 2 aliphatic rings. The lowest BCUT2D eigenvalue weighted by atomic mass is 9.71. The van der Waals surface area contributed by atoms with Crippen molar-refractivity contribution in [1.29, 1.82) is 0 Å². The Morgan fingerprint density at radius 3 is 1.38 bits per heavy atom. The Bertz CT molecular complexity index is 1310. The van der Waals surface area contributed by atoms with Crippen LogP contribution in [0.4, 0.5) is 61.5 Å². The average molecular weight is 736 g/mol. The highest BCUT2D eigenvalue weighted by atomic mass is 19.4. The Labute approximate surface area is 262 Å². The van der Waals surface area contributed by atoms with E-state index in [1.165, 1.54) is 0 Å². The summed E-state index contributed by atoms with van der Waals surface area (Å²) in [6.45, 7) is 8.40. The van der Waals surface area contributed by atoms with Crippen molar-refractivity contribution >= 4 is 11.9 Å². The van der Waals surface area contributed by atoms with E-state index in [2.05, 4.69) is 32.1 Å². The molecular weight excluding hydrogens is 706 g/mol. The summed E-state index contributed by atoms with van der Waals surface area (Å²) in [7, 11) is 0. The first kappa shape index (κ1) is 43.3. The van der Waals surface area contributed by atoms with E-state index < -0.39 is 100 Å². The summed E-state index contributed by atoms with van der Waals surface area (Å²) < 4.78 is 209. The van der Waals surface area contributed by atoms with Crippen LogP contribution in [-0.2, 0) is 28.5 Å². The van der Waals surface area contributed by atoms with Gasteiger partial charge in [-0.1, -0.05) is 20.1 Å². The first-order valence-corrected chi connectivity index (χ1v) is 13.0. The van der Waals surface area contributed by atoms with Gasteiger partial charge >= 0.3 is 48.0 Å². The van der Waals surface area contributed by atoms with Crippen LogP contribution in [0.3, 0.4) is 0 Å². The van der Waals surface area contributed by atoms with E-state index in [-0.39, 0.29) is 27.7 Å². The third-order valence-corrected chi connectivity index (χ3v) is 7.70. The molecule has 48 heavy (non-hydrogen) atoms. The highest BCUT2D eigenvalue weighted by Crippen LogP contribution is 2.64. The van der Waals surface area contributed by atoms with Crippen molar-refractivity contribution in [2.75, 3.05) is 0 Å². The fraction of sp³-hybridized carbons (Fsp3) is 0.769. The fourth-order valence-electron chi connectivity index (χ4n) is 4.58. The highest BCUT2D eigenvalue weighted by molar-refractivity contribution is 5.88. The number of esters is 2. The van der Waals surface area contributed by atoms with Crippen LogP contribution in [0.1, 0.15) is 54.9 Å². The molecule has 0 bridgehead atoms. The molecule has 0 aromatic rings. The van der Waals surface area contributed by atoms with Gasteiger partial charge in [0.15, 0.2) is 0 Å². The van der Waals surface area contributed by atoms with Gasteiger partial charge < -0.3 is 29.2 Å². The predicted molar refractivity (Wildman–Crippen MR) is 131 cm³/mol. The van der Waals surface area contributed by atoms with Crippen molar-refractivity contribution in [2.24, 2.45) is 0 Å². The van der Waals surface area contributed by atoms with Crippen molar-refractivity contribution in [3.05, 3.63) is 24.3 Å². The molecule has 0 aromatic heterocycles. The zero-order chi connectivity index (χ0) is 38.9. The molecule has 2 rings (SSSR count). The molecule has 2 fully saturated rings. The first-order chi connectivity index (χ1) is 20.8. The van der Waals surface area contributed by atoms with Crippen molar-refractivity contribution < 1.29 is 100 Å². The lowest BCUT2D eigenvalue weighted by Gasteiger charge is -2.58. The van der Waals surface area contributed by atoms with Crippen LogP contribution >= 0.6 is 0 Å². The standard InChI is InChI=1S/C14H17F7O4.C12H13F7O4/c1-6-11(14(19,20)21)13(17,18)9(4,24-8(22)7(2)3)12(15,16)10(5,23)25-11;1-5(2)6(20)22-8(3)10(13,14)7(11(15,16)17)23-9(4,21)12(8,18)19/h23H,2,6H2,1,3-5H3;7,21H,1H2,2-4H3. The van der Waals surface area contributed by atoms with Gasteiger partial charge in [-0.05, 0) is 48.0 Å². The van der Waals surface area contributed by atoms with E-state index in [0.29, 0.717) is 6.92 Å². The summed E-state index contributed by atoms with van der Waals surface area (Å²) >= 11 is 0. The third-order valence-electron chi connectivity index (χ3n) is 7.70. The number of alkyl halides is 14. The molecule has 6 atom stereocenters. The van der Waals surface area contributed by atoms with Crippen LogP contribution in [0.15, 0.2) is 24.3 Å². The molecule has 8 nitrogen and oxygen atoms in total. The second-order valence-corrected chi connectivity index (χ2v) is 11.5. The molecule has 22 heteroatoms. The molecule has 2 heterocycles. The Hall–Kier alpha value is -2.72. The van der Waals surface area contributed by atoms with Gasteiger partial charge in [0.05, 0.1) is 0 Å². The molecule has 0 spiro atoms. The van der Waals surface area contributed by atoms with Crippen molar-refractivity contribution in [2.45, 2.75) is 125 Å². The molecule has 6 unspecified atom stereocenters. The Morgan fingerprint density at radius 2 is 1.06 bits per heavy atom. The van der Waals surface area contributed by atoms with Crippen LogP contribution in [0, 0.1) is 0 Å². The predicted octanol–water partition coefficient (Wildman–Crippen LogP) is 6.39. The number of ether oxygens (including phenoxy) is 4. The van der Waals surface area contributed by atoms with Gasteiger partial charge in [0.1, 0.15) is 0 Å². The summed E-state index contributed by atoms with van der Waals surface area (Å²) in [5.41, 5.74) is -14.4. The maximum absolute atomic E-state index is 14.8. The van der Waals surface area contributed by atoms with Crippen molar-refractivity contribution in [3.63, 3.8) is 0 Å².